The fraction of sp³-hybridized carbons (Fsp3) is 0.0455. The molecular weight excluding hydrogens is 377 g/mol. The molecule has 0 amide bonds. The zero-order valence-electron chi connectivity index (χ0n) is 14.6. The summed E-state index contributed by atoms with van der Waals surface area (Å²) >= 11 is 1.28. The van der Waals surface area contributed by atoms with Crippen molar-refractivity contribution in [3.05, 3.63) is 95.3 Å². The molecule has 3 rings (SSSR count). The van der Waals surface area contributed by atoms with Crippen LogP contribution in [0.2, 0.25) is 0 Å². The van der Waals surface area contributed by atoms with E-state index in [2.05, 4.69) is 6.07 Å². The lowest BCUT2D eigenvalue weighted by atomic mass is 10.1. The summed E-state index contributed by atoms with van der Waals surface area (Å²) in [5.74, 6) is -1.52. The van der Waals surface area contributed by atoms with Crippen LogP contribution in [0.25, 0.3) is 0 Å². The van der Waals surface area contributed by atoms with Crippen molar-refractivity contribution >= 4 is 23.5 Å². The summed E-state index contributed by atoms with van der Waals surface area (Å²) in [6.45, 7) is -0.446. The number of carbonyl (C=O) groups is 2. The van der Waals surface area contributed by atoms with Gasteiger partial charge in [0.05, 0.1) is 11.1 Å². The minimum atomic E-state index is -0.645. The standard InChI is InChI=1S/C22H14FNO3S/c23-17-11-9-15(10-12-17)19(25)14-27-22(26)18-6-2-4-8-21(18)28-20-7-3-1-5-16(20)13-24/h1-12H,14H2. The third kappa shape index (κ3) is 4.64. The molecule has 0 saturated heterocycles. The van der Waals surface area contributed by atoms with Crippen molar-refractivity contribution in [2.24, 2.45) is 0 Å². The van der Waals surface area contributed by atoms with Crippen molar-refractivity contribution in [3.63, 3.8) is 0 Å². The molecule has 0 atom stereocenters. The molecule has 0 aliphatic carbocycles. The fourth-order valence-electron chi connectivity index (χ4n) is 2.42. The van der Waals surface area contributed by atoms with Gasteiger partial charge in [0.2, 0.25) is 0 Å². The van der Waals surface area contributed by atoms with Crippen LogP contribution in [0.4, 0.5) is 4.39 Å². The quantitative estimate of drug-likeness (QED) is 0.442. The molecule has 138 valence electrons. The molecule has 0 saturated carbocycles. The van der Waals surface area contributed by atoms with Crippen molar-refractivity contribution in [1.82, 2.24) is 0 Å². The molecule has 0 N–H and O–H groups in total. The van der Waals surface area contributed by atoms with Gasteiger partial charge >= 0.3 is 5.97 Å². The number of ether oxygens (including phenoxy) is 1. The van der Waals surface area contributed by atoms with Gasteiger partial charge in [-0.25, -0.2) is 9.18 Å². The maximum atomic E-state index is 12.9. The number of ketones is 1. The van der Waals surface area contributed by atoms with Crippen molar-refractivity contribution in [1.29, 1.82) is 5.26 Å². The molecule has 0 unspecified atom stereocenters. The number of Topliss-reactive ketones (excluding diaryl/α,β-unsaturated/α-hetero) is 1. The van der Waals surface area contributed by atoms with E-state index in [0.29, 0.717) is 20.9 Å². The number of nitriles is 1. The largest absolute Gasteiger partial charge is 0.454 e. The molecule has 4 nitrogen and oxygen atoms in total. The molecule has 3 aromatic carbocycles. The number of carbonyl (C=O) groups excluding carboxylic acids is 2. The number of hydrogen-bond donors (Lipinski definition) is 0. The molecule has 28 heavy (non-hydrogen) atoms. The second-order valence-electron chi connectivity index (χ2n) is 5.71. The molecule has 0 radical (unpaired) electrons. The second kappa shape index (κ2) is 8.98. The van der Waals surface area contributed by atoms with Gasteiger partial charge in [0, 0.05) is 15.4 Å². The van der Waals surface area contributed by atoms with Gasteiger partial charge in [-0.1, -0.05) is 36.0 Å². The van der Waals surface area contributed by atoms with Crippen LogP contribution >= 0.6 is 11.8 Å². The highest BCUT2D eigenvalue weighted by atomic mass is 32.2. The van der Waals surface area contributed by atoms with Crippen LogP contribution in [0, 0.1) is 17.1 Å². The van der Waals surface area contributed by atoms with Crippen molar-refractivity contribution < 1.29 is 18.7 Å². The highest BCUT2D eigenvalue weighted by Gasteiger charge is 2.16. The predicted octanol–water partition coefficient (Wildman–Crippen LogP) is 4.89. The van der Waals surface area contributed by atoms with E-state index in [0.717, 1.165) is 0 Å². The number of rotatable bonds is 6. The average Bonchev–Trinajstić information content (AvgIpc) is 2.73. The summed E-state index contributed by atoms with van der Waals surface area (Å²) in [5.41, 5.74) is 1.06. The Morgan fingerprint density at radius 3 is 2.29 bits per heavy atom. The normalized spacial score (nSPS) is 10.1. The van der Waals surface area contributed by atoms with Crippen LogP contribution in [0.1, 0.15) is 26.3 Å². The van der Waals surface area contributed by atoms with E-state index >= 15 is 0 Å². The summed E-state index contributed by atoms with van der Waals surface area (Å²) in [5, 5.41) is 9.23. The van der Waals surface area contributed by atoms with Crippen LogP contribution in [-0.2, 0) is 4.74 Å². The Balaban J connectivity index is 1.73. The minimum Gasteiger partial charge on any atom is -0.454 e. The van der Waals surface area contributed by atoms with E-state index in [1.54, 1.807) is 42.5 Å². The van der Waals surface area contributed by atoms with Crippen LogP contribution in [0.5, 0.6) is 0 Å². The van der Waals surface area contributed by atoms with E-state index in [-0.39, 0.29) is 5.56 Å². The monoisotopic (exact) mass is 391 g/mol. The molecule has 3 aromatic rings. The Labute approximate surface area is 165 Å². The number of esters is 1. The summed E-state index contributed by atoms with van der Waals surface area (Å²) in [4.78, 5) is 25.9. The van der Waals surface area contributed by atoms with E-state index in [1.807, 2.05) is 6.07 Å². The lowest BCUT2D eigenvalue weighted by Gasteiger charge is -2.10. The Bertz CT molecular complexity index is 1060. The van der Waals surface area contributed by atoms with Gasteiger partial charge in [0.15, 0.2) is 12.4 Å². The third-order valence-electron chi connectivity index (χ3n) is 3.83. The average molecular weight is 391 g/mol. The molecule has 0 aliphatic rings. The Morgan fingerprint density at radius 1 is 0.929 bits per heavy atom. The van der Waals surface area contributed by atoms with E-state index in [4.69, 9.17) is 4.74 Å². The molecule has 6 heteroatoms. The van der Waals surface area contributed by atoms with Crippen molar-refractivity contribution in [2.75, 3.05) is 6.61 Å². The molecule has 0 heterocycles. The summed E-state index contributed by atoms with van der Waals surface area (Å²) < 4.78 is 18.1. The first kappa shape index (κ1) is 19.3. The molecule has 0 fully saturated rings. The van der Waals surface area contributed by atoms with Gasteiger partial charge in [0.1, 0.15) is 11.9 Å². The molecule has 0 spiro atoms. The van der Waals surface area contributed by atoms with Gasteiger partial charge in [-0.05, 0) is 48.5 Å². The number of hydrogen-bond acceptors (Lipinski definition) is 5. The Morgan fingerprint density at radius 2 is 1.57 bits per heavy atom. The summed E-state index contributed by atoms with van der Waals surface area (Å²) in [7, 11) is 0. The highest BCUT2D eigenvalue weighted by Crippen LogP contribution is 2.32. The van der Waals surface area contributed by atoms with Crippen LogP contribution < -0.4 is 0 Å². The molecule has 0 aliphatic heterocycles. The summed E-state index contributed by atoms with van der Waals surface area (Å²) in [6.07, 6.45) is 0. The minimum absolute atomic E-state index is 0.264. The first-order valence-corrected chi connectivity index (χ1v) is 9.12. The molecule has 0 bridgehead atoms. The number of nitrogens with zero attached hydrogens (tertiary/aromatic N) is 1. The van der Waals surface area contributed by atoms with Gasteiger partial charge in [-0.2, -0.15) is 5.26 Å². The topological polar surface area (TPSA) is 67.2 Å². The first-order valence-electron chi connectivity index (χ1n) is 8.30. The zero-order valence-corrected chi connectivity index (χ0v) is 15.4. The van der Waals surface area contributed by atoms with Crippen LogP contribution in [0.3, 0.4) is 0 Å². The maximum absolute atomic E-state index is 12.9. The van der Waals surface area contributed by atoms with E-state index in [1.165, 1.54) is 36.0 Å². The molecular formula is C22H14FNO3S. The van der Waals surface area contributed by atoms with E-state index < -0.39 is 24.2 Å². The van der Waals surface area contributed by atoms with Crippen LogP contribution in [0.15, 0.2) is 82.6 Å². The Hall–Kier alpha value is -3.43. The Kier molecular flexibility index (Phi) is 6.20. The lowest BCUT2D eigenvalue weighted by Crippen LogP contribution is -2.14. The third-order valence-corrected chi connectivity index (χ3v) is 4.99. The molecule has 0 aromatic heterocycles. The summed E-state index contributed by atoms with van der Waals surface area (Å²) in [6, 6.07) is 21.0. The smallest absolute Gasteiger partial charge is 0.339 e. The van der Waals surface area contributed by atoms with Gasteiger partial charge < -0.3 is 4.74 Å². The predicted molar refractivity (Wildman–Crippen MR) is 103 cm³/mol. The number of halogens is 1. The van der Waals surface area contributed by atoms with Crippen molar-refractivity contribution in [2.45, 2.75) is 9.79 Å². The first-order chi connectivity index (χ1) is 13.6. The van der Waals surface area contributed by atoms with Crippen molar-refractivity contribution in [3.8, 4) is 6.07 Å². The van der Waals surface area contributed by atoms with Gasteiger partial charge in [0.25, 0.3) is 0 Å². The zero-order chi connectivity index (χ0) is 19.9. The van der Waals surface area contributed by atoms with Gasteiger partial charge in [-0.3, -0.25) is 4.79 Å². The SMILES string of the molecule is N#Cc1ccccc1Sc1ccccc1C(=O)OCC(=O)c1ccc(F)cc1. The van der Waals surface area contributed by atoms with Gasteiger partial charge in [-0.15, -0.1) is 0 Å². The maximum Gasteiger partial charge on any atom is 0.339 e. The van der Waals surface area contributed by atoms with Crippen LogP contribution in [-0.4, -0.2) is 18.4 Å². The van der Waals surface area contributed by atoms with E-state index in [9.17, 15) is 19.2 Å². The second-order valence-corrected chi connectivity index (χ2v) is 6.80. The number of benzene rings is 3. The highest BCUT2D eigenvalue weighted by molar-refractivity contribution is 7.99. The fourth-order valence-corrected chi connectivity index (χ4v) is 3.43. The lowest BCUT2D eigenvalue weighted by molar-refractivity contribution is 0.0471.